The Hall–Kier alpha value is -2.29. The van der Waals surface area contributed by atoms with Crippen LogP contribution in [-0.4, -0.2) is 12.6 Å². The minimum atomic E-state index is -0.378. The second-order valence-electron chi connectivity index (χ2n) is 4.75. The molecule has 3 nitrogen and oxygen atoms in total. The molecule has 2 aromatic carbocycles. The Morgan fingerprint density at radius 1 is 1.05 bits per heavy atom. The van der Waals surface area contributed by atoms with Crippen LogP contribution in [0.25, 0.3) is 0 Å². The second-order valence-corrected chi connectivity index (χ2v) is 4.75. The van der Waals surface area contributed by atoms with Gasteiger partial charge in [-0.25, -0.2) is 4.79 Å². The summed E-state index contributed by atoms with van der Waals surface area (Å²) >= 11 is 0. The van der Waals surface area contributed by atoms with Gasteiger partial charge in [-0.3, -0.25) is 0 Å². The quantitative estimate of drug-likeness (QED) is 0.898. The largest absolute Gasteiger partial charge is 0.445 e. The van der Waals surface area contributed by atoms with E-state index in [9.17, 15) is 4.79 Å². The van der Waals surface area contributed by atoms with Crippen molar-refractivity contribution in [2.45, 2.75) is 19.4 Å². The highest BCUT2D eigenvalue weighted by Gasteiger charge is 2.08. The summed E-state index contributed by atoms with van der Waals surface area (Å²) in [6.07, 6.45) is -0.378. The van der Waals surface area contributed by atoms with Crippen molar-refractivity contribution in [1.29, 1.82) is 0 Å². The van der Waals surface area contributed by atoms with Gasteiger partial charge in [0.1, 0.15) is 6.61 Å². The first kappa shape index (κ1) is 14.1. The summed E-state index contributed by atoms with van der Waals surface area (Å²) in [6.45, 7) is 2.94. The normalized spacial score (nSPS) is 11.7. The lowest BCUT2D eigenvalue weighted by Crippen LogP contribution is -2.28. The van der Waals surface area contributed by atoms with Crippen molar-refractivity contribution in [3.05, 3.63) is 71.8 Å². The van der Waals surface area contributed by atoms with Crippen molar-refractivity contribution in [2.24, 2.45) is 0 Å². The SMILES string of the molecule is C[C@@H](CNC(=O)OCc1ccccc1)c1ccccc1. The molecule has 0 aliphatic carbocycles. The van der Waals surface area contributed by atoms with Crippen molar-refractivity contribution >= 4 is 6.09 Å². The van der Waals surface area contributed by atoms with E-state index < -0.39 is 0 Å². The summed E-state index contributed by atoms with van der Waals surface area (Å²) in [5, 5.41) is 2.79. The van der Waals surface area contributed by atoms with Crippen LogP contribution in [0.5, 0.6) is 0 Å². The molecule has 1 amide bonds. The van der Waals surface area contributed by atoms with E-state index >= 15 is 0 Å². The number of ether oxygens (including phenoxy) is 1. The molecule has 0 aromatic heterocycles. The number of carbonyl (C=O) groups is 1. The smallest absolute Gasteiger partial charge is 0.407 e. The van der Waals surface area contributed by atoms with E-state index in [0.29, 0.717) is 13.2 Å². The third kappa shape index (κ3) is 4.43. The molecule has 0 fully saturated rings. The van der Waals surface area contributed by atoms with Gasteiger partial charge in [0.25, 0.3) is 0 Å². The number of alkyl carbamates (subject to hydrolysis) is 1. The highest BCUT2D eigenvalue weighted by atomic mass is 16.5. The molecule has 0 saturated heterocycles. The van der Waals surface area contributed by atoms with Gasteiger partial charge in [0.05, 0.1) is 0 Å². The fourth-order valence-electron chi connectivity index (χ4n) is 1.91. The van der Waals surface area contributed by atoms with Gasteiger partial charge < -0.3 is 10.1 Å². The summed E-state index contributed by atoms with van der Waals surface area (Å²) in [5.74, 6) is 0.264. The minimum Gasteiger partial charge on any atom is -0.445 e. The number of carbonyl (C=O) groups excluding carboxylic acids is 1. The van der Waals surface area contributed by atoms with Crippen molar-refractivity contribution < 1.29 is 9.53 Å². The molecule has 0 aliphatic rings. The van der Waals surface area contributed by atoms with E-state index in [0.717, 1.165) is 5.56 Å². The average Bonchev–Trinajstić information content (AvgIpc) is 2.52. The predicted molar refractivity (Wildman–Crippen MR) is 79.5 cm³/mol. The Morgan fingerprint density at radius 3 is 2.30 bits per heavy atom. The first-order valence-corrected chi connectivity index (χ1v) is 6.75. The molecule has 0 heterocycles. The zero-order chi connectivity index (χ0) is 14.2. The Morgan fingerprint density at radius 2 is 1.65 bits per heavy atom. The van der Waals surface area contributed by atoms with Crippen LogP contribution in [0.4, 0.5) is 4.79 Å². The molecule has 0 aliphatic heterocycles. The summed E-state index contributed by atoms with van der Waals surface area (Å²) in [7, 11) is 0. The number of rotatable bonds is 5. The van der Waals surface area contributed by atoms with Crippen LogP contribution in [-0.2, 0) is 11.3 Å². The molecule has 0 unspecified atom stereocenters. The Bertz CT molecular complexity index is 525. The van der Waals surface area contributed by atoms with Gasteiger partial charge >= 0.3 is 6.09 Å². The third-order valence-electron chi connectivity index (χ3n) is 3.13. The predicted octanol–water partition coefficient (Wildman–Crippen LogP) is 3.72. The van der Waals surface area contributed by atoms with Crippen molar-refractivity contribution in [1.82, 2.24) is 5.32 Å². The van der Waals surface area contributed by atoms with E-state index in [1.807, 2.05) is 48.5 Å². The lowest BCUT2D eigenvalue weighted by atomic mass is 10.0. The maximum Gasteiger partial charge on any atom is 0.407 e. The molecule has 1 N–H and O–H groups in total. The van der Waals surface area contributed by atoms with E-state index in [1.165, 1.54) is 5.56 Å². The first-order chi connectivity index (χ1) is 9.75. The Balaban J connectivity index is 1.73. The topological polar surface area (TPSA) is 38.3 Å². The highest BCUT2D eigenvalue weighted by Crippen LogP contribution is 2.13. The average molecular weight is 269 g/mol. The summed E-state index contributed by atoms with van der Waals surface area (Å²) < 4.78 is 5.16. The summed E-state index contributed by atoms with van der Waals surface area (Å²) in [5.41, 5.74) is 2.19. The van der Waals surface area contributed by atoms with Crippen LogP contribution in [0.3, 0.4) is 0 Å². The van der Waals surface area contributed by atoms with Crippen LogP contribution < -0.4 is 5.32 Å². The van der Waals surface area contributed by atoms with E-state index in [4.69, 9.17) is 4.74 Å². The molecule has 0 spiro atoms. The van der Waals surface area contributed by atoms with Gasteiger partial charge in [-0.15, -0.1) is 0 Å². The molecule has 20 heavy (non-hydrogen) atoms. The van der Waals surface area contributed by atoms with E-state index in [2.05, 4.69) is 24.4 Å². The molecule has 2 aromatic rings. The monoisotopic (exact) mass is 269 g/mol. The highest BCUT2D eigenvalue weighted by molar-refractivity contribution is 5.67. The lowest BCUT2D eigenvalue weighted by molar-refractivity contribution is 0.139. The van der Waals surface area contributed by atoms with Gasteiger partial charge in [0.2, 0.25) is 0 Å². The van der Waals surface area contributed by atoms with Crippen LogP contribution in [0.2, 0.25) is 0 Å². The van der Waals surface area contributed by atoms with Gasteiger partial charge in [0.15, 0.2) is 0 Å². The fraction of sp³-hybridized carbons (Fsp3) is 0.235. The minimum absolute atomic E-state index is 0.264. The van der Waals surface area contributed by atoms with Crippen LogP contribution in [0, 0.1) is 0 Å². The number of benzene rings is 2. The van der Waals surface area contributed by atoms with E-state index in [-0.39, 0.29) is 12.0 Å². The second kappa shape index (κ2) is 7.34. The molecule has 0 saturated carbocycles. The van der Waals surface area contributed by atoms with Crippen LogP contribution >= 0.6 is 0 Å². The molecular formula is C17H19NO2. The van der Waals surface area contributed by atoms with Crippen molar-refractivity contribution in [3.63, 3.8) is 0 Å². The molecule has 0 bridgehead atoms. The zero-order valence-corrected chi connectivity index (χ0v) is 11.6. The summed E-state index contributed by atoms with van der Waals surface area (Å²) in [6, 6.07) is 19.7. The number of hydrogen-bond donors (Lipinski definition) is 1. The lowest BCUT2D eigenvalue weighted by Gasteiger charge is -2.13. The van der Waals surface area contributed by atoms with Crippen molar-refractivity contribution in [3.8, 4) is 0 Å². The standard InChI is InChI=1S/C17H19NO2/c1-14(16-10-6-3-7-11-16)12-18-17(19)20-13-15-8-4-2-5-9-15/h2-11,14H,12-13H2,1H3,(H,18,19)/t14-/m0/s1. The molecule has 2 rings (SSSR count). The van der Waals surface area contributed by atoms with Gasteiger partial charge in [0, 0.05) is 6.54 Å². The van der Waals surface area contributed by atoms with Gasteiger partial charge in [-0.2, -0.15) is 0 Å². The number of hydrogen-bond acceptors (Lipinski definition) is 2. The molecule has 104 valence electrons. The molecule has 0 radical (unpaired) electrons. The number of amides is 1. The Kier molecular flexibility index (Phi) is 5.18. The molecule has 1 atom stereocenters. The van der Waals surface area contributed by atoms with Crippen LogP contribution in [0.15, 0.2) is 60.7 Å². The maximum absolute atomic E-state index is 11.6. The van der Waals surface area contributed by atoms with E-state index in [1.54, 1.807) is 0 Å². The van der Waals surface area contributed by atoms with Gasteiger partial charge in [-0.05, 0) is 17.0 Å². The zero-order valence-electron chi connectivity index (χ0n) is 11.6. The summed E-state index contributed by atoms with van der Waals surface area (Å²) in [4.78, 5) is 11.6. The van der Waals surface area contributed by atoms with Crippen molar-refractivity contribution in [2.75, 3.05) is 6.54 Å². The van der Waals surface area contributed by atoms with Gasteiger partial charge in [-0.1, -0.05) is 67.6 Å². The first-order valence-electron chi connectivity index (χ1n) is 6.75. The number of nitrogens with one attached hydrogen (secondary N) is 1. The molecular weight excluding hydrogens is 250 g/mol. The molecule has 3 heteroatoms. The van der Waals surface area contributed by atoms with Crippen LogP contribution in [0.1, 0.15) is 24.0 Å². The third-order valence-corrected chi connectivity index (χ3v) is 3.13. The maximum atomic E-state index is 11.6. The fourth-order valence-corrected chi connectivity index (χ4v) is 1.91. The Labute approximate surface area is 119 Å².